The second kappa shape index (κ2) is 5.90. The van der Waals surface area contributed by atoms with E-state index in [2.05, 4.69) is 0 Å². The number of Topliss-reactive ketones (excluding diaryl/α,β-unsaturated/α-hetero) is 2. The normalized spacial score (nSPS) is 16.2. The molecule has 2 aromatic rings. The summed E-state index contributed by atoms with van der Waals surface area (Å²) in [5.74, 6) is -3.06. The van der Waals surface area contributed by atoms with Gasteiger partial charge in [0.1, 0.15) is 22.8 Å². The van der Waals surface area contributed by atoms with Gasteiger partial charge in [0, 0.05) is 17.7 Å². The number of methoxy groups -OCH3 is 2. The zero-order valence-corrected chi connectivity index (χ0v) is 13.3. The van der Waals surface area contributed by atoms with E-state index >= 15 is 0 Å². The summed E-state index contributed by atoms with van der Waals surface area (Å²) in [5, 5.41) is 29.3. The van der Waals surface area contributed by atoms with Crippen molar-refractivity contribution in [2.24, 2.45) is 0 Å². The van der Waals surface area contributed by atoms with E-state index in [1.807, 2.05) is 0 Å². The summed E-state index contributed by atoms with van der Waals surface area (Å²) in [7, 11) is 2.64. The van der Waals surface area contributed by atoms with Crippen LogP contribution in [0, 0.1) is 0 Å². The van der Waals surface area contributed by atoms with Crippen molar-refractivity contribution in [1.82, 2.24) is 0 Å². The van der Waals surface area contributed by atoms with Crippen molar-refractivity contribution < 1.29 is 39.1 Å². The number of phenolic OH excluding ortho intramolecular Hbond substituents is 3. The number of carbonyl (C=O) groups excluding carboxylic acids is 2. The molecule has 130 valence electrons. The highest BCUT2D eigenvalue weighted by Crippen LogP contribution is 2.43. The van der Waals surface area contributed by atoms with Crippen molar-refractivity contribution in [1.29, 1.82) is 0 Å². The van der Waals surface area contributed by atoms with Crippen molar-refractivity contribution in [2.75, 3.05) is 14.2 Å². The molecule has 8 nitrogen and oxygen atoms in total. The highest BCUT2D eigenvalue weighted by atomic mass is 16.5. The molecule has 3 rings (SSSR count). The van der Waals surface area contributed by atoms with Gasteiger partial charge in [-0.05, 0) is 12.1 Å². The van der Waals surface area contributed by atoms with Gasteiger partial charge in [-0.3, -0.25) is 9.59 Å². The highest BCUT2D eigenvalue weighted by Gasteiger charge is 2.39. The van der Waals surface area contributed by atoms with E-state index in [1.54, 1.807) is 0 Å². The summed E-state index contributed by atoms with van der Waals surface area (Å²) in [4.78, 5) is 24.7. The Labute approximate surface area is 141 Å². The summed E-state index contributed by atoms with van der Waals surface area (Å²) in [6, 6.07) is 4.74. The topological polar surface area (TPSA) is 123 Å². The van der Waals surface area contributed by atoms with E-state index in [0.717, 1.165) is 12.1 Å². The fourth-order valence-corrected chi connectivity index (χ4v) is 2.62. The van der Waals surface area contributed by atoms with Gasteiger partial charge in [0.05, 0.1) is 14.2 Å². The van der Waals surface area contributed by atoms with Crippen LogP contribution in [0.2, 0.25) is 0 Å². The molecular formula is C17H14O8. The van der Waals surface area contributed by atoms with Crippen molar-refractivity contribution >= 4 is 11.6 Å². The van der Waals surface area contributed by atoms with Crippen LogP contribution in [-0.2, 0) is 4.79 Å². The van der Waals surface area contributed by atoms with Gasteiger partial charge in [0.2, 0.25) is 17.3 Å². The minimum atomic E-state index is -1.34. The number of hydrogen-bond donors (Lipinski definition) is 3. The molecule has 0 radical (unpaired) electrons. The predicted molar refractivity (Wildman–Crippen MR) is 83.7 cm³/mol. The summed E-state index contributed by atoms with van der Waals surface area (Å²) in [6.07, 6.45) is -1.34. The second-order valence-corrected chi connectivity index (χ2v) is 5.30. The Morgan fingerprint density at radius 1 is 0.960 bits per heavy atom. The lowest BCUT2D eigenvalue weighted by molar-refractivity contribution is -0.122. The number of ketones is 2. The number of hydrogen-bond acceptors (Lipinski definition) is 8. The largest absolute Gasteiger partial charge is 0.508 e. The Bertz CT molecular complexity index is 861. The maximum Gasteiger partial charge on any atom is 0.248 e. The van der Waals surface area contributed by atoms with E-state index in [9.17, 15) is 24.9 Å². The fraction of sp³-hybridized carbons (Fsp3) is 0.176. The molecule has 0 fully saturated rings. The minimum absolute atomic E-state index is 0.0303. The lowest BCUT2D eigenvalue weighted by Crippen LogP contribution is -2.31. The van der Waals surface area contributed by atoms with E-state index in [0.29, 0.717) is 0 Å². The van der Waals surface area contributed by atoms with Crippen molar-refractivity contribution in [3.05, 3.63) is 35.4 Å². The van der Waals surface area contributed by atoms with Gasteiger partial charge < -0.3 is 29.5 Å². The molecule has 8 heteroatoms. The predicted octanol–water partition coefficient (Wildman–Crippen LogP) is 1.71. The van der Waals surface area contributed by atoms with Crippen LogP contribution in [-0.4, -0.2) is 41.1 Å². The zero-order valence-electron chi connectivity index (χ0n) is 13.3. The first-order chi connectivity index (χ1) is 11.9. The Morgan fingerprint density at radius 3 is 2.12 bits per heavy atom. The molecule has 0 saturated carbocycles. The quantitative estimate of drug-likeness (QED) is 0.718. The Balaban J connectivity index is 2.13. The first kappa shape index (κ1) is 16.4. The summed E-state index contributed by atoms with van der Waals surface area (Å²) in [6.45, 7) is 0. The fourth-order valence-electron chi connectivity index (χ4n) is 2.62. The van der Waals surface area contributed by atoms with Gasteiger partial charge in [0.15, 0.2) is 17.6 Å². The van der Waals surface area contributed by atoms with Gasteiger partial charge in [-0.1, -0.05) is 0 Å². The van der Waals surface area contributed by atoms with Crippen LogP contribution in [0.1, 0.15) is 22.0 Å². The third-order valence-electron chi connectivity index (χ3n) is 3.80. The molecule has 0 aliphatic carbocycles. The molecule has 1 unspecified atom stereocenters. The first-order valence-electron chi connectivity index (χ1n) is 7.13. The van der Waals surface area contributed by atoms with Crippen LogP contribution >= 0.6 is 0 Å². The van der Waals surface area contributed by atoms with Gasteiger partial charge >= 0.3 is 0 Å². The number of carbonyl (C=O) groups is 2. The van der Waals surface area contributed by atoms with Crippen LogP contribution in [0.25, 0.3) is 0 Å². The molecule has 0 aromatic heterocycles. The molecule has 0 saturated heterocycles. The van der Waals surface area contributed by atoms with E-state index in [4.69, 9.17) is 14.2 Å². The lowest BCUT2D eigenvalue weighted by atomic mass is 9.94. The molecule has 1 aliphatic heterocycles. The first-order valence-corrected chi connectivity index (χ1v) is 7.13. The van der Waals surface area contributed by atoms with Gasteiger partial charge in [-0.25, -0.2) is 0 Å². The number of rotatable bonds is 3. The van der Waals surface area contributed by atoms with Crippen LogP contribution < -0.4 is 14.2 Å². The third kappa shape index (κ3) is 2.57. The maximum atomic E-state index is 12.4. The van der Waals surface area contributed by atoms with Crippen LogP contribution in [0.5, 0.6) is 34.5 Å². The smallest absolute Gasteiger partial charge is 0.248 e. The Morgan fingerprint density at radius 2 is 1.56 bits per heavy atom. The average Bonchev–Trinajstić information content (AvgIpc) is 2.57. The van der Waals surface area contributed by atoms with Crippen LogP contribution in [0.4, 0.5) is 0 Å². The average molecular weight is 346 g/mol. The molecule has 1 atom stereocenters. The number of fused-ring (bicyclic) bond motifs is 1. The second-order valence-electron chi connectivity index (χ2n) is 5.30. The van der Waals surface area contributed by atoms with Gasteiger partial charge in [0.25, 0.3) is 0 Å². The number of benzene rings is 2. The molecule has 3 N–H and O–H groups in total. The molecule has 1 aliphatic rings. The van der Waals surface area contributed by atoms with Crippen molar-refractivity contribution in [2.45, 2.75) is 6.10 Å². The minimum Gasteiger partial charge on any atom is -0.508 e. The summed E-state index contributed by atoms with van der Waals surface area (Å²) in [5.41, 5.74) is -0.102. The molecule has 2 aromatic carbocycles. The summed E-state index contributed by atoms with van der Waals surface area (Å²) >= 11 is 0. The SMILES string of the molecule is COc1cc(C2Oc3cc(O)cc(O)c3C(=O)C2=O)cc(OC)c1O. The monoisotopic (exact) mass is 346 g/mol. The molecule has 0 spiro atoms. The van der Waals surface area contributed by atoms with E-state index in [1.165, 1.54) is 26.4 Å². The zero-order chi connectivity index (χ0) is 18.3. The van der Waals surface area contributed by atoms with Crippen LogP contribution in [0.15, 0.2) is 24.3 Å². The van der Waals surface area contributed by atoms with Gasteiger partial charge in [-0.15, -0.1) is 0 Å². The van der Waals surface area contributed by atoms with Crippen LogP contribution in [0.3, 0.4) is 0 Å². The van der Waals surface area contributed by atoms with Crippen molar-refractivity contribution in [3.63, 3.8) is 0 Å². The molecular weight excluding hydrogens is 332 g/mol. The van der Waals surface area contributed by atoms with E-state index in [-0.39, 0.29) is 39.9 Å². The number of aromatic hydroxyl groups is 3. The number of ether oxygens (including phenoxy) is 3. The molecule has 1 heterocycles. The van der Waals surface area contributed by atoms with Crippen molar-refractivity contribution in [3.8, 4) is 34.5 Å². The molecule has 25 heavy (non-hydrogen) atoms. The summed E-state index contributed by atoms with van der Waals surface area (Å²) < 4.78 is 15.6. The molecule has 0 bridgehead atoms. The Hall–Kier alpha value is -3.42. The van der Waals surface area contributed by atoms with Gasteiger partial charge in [-0.2, -0.15) is 0 Å². The Kier molecular flexibility index (Phi) is 3.88. The lowest BCUT2D eigenvalue weighted by Gasteiger charge is -2.25. The molecule has 0 amide bonds. The maximum absolute atomic E-state index is 12.4. The number of phenols is 3. The van der Waals surface area contributed by atoms with E-state index < -0.39 is 23.4 Å². The third-order valence-corrected chi connectivity index (χ3v) is 3.80. The standard InChI is InChI=1S/C17H14O8/c1-23-11-3-7(4-12(24-2)14(11)20)17-16(22)15(21)13-9(19)5-8(18)6-10(13)25-17/h3-6,17-20H,1-2H3. The highest BCUT2D eigenvalue weighted by molar-refractivity contribution is 6.47.